The number of para-hydroxylation sites is 1. The van der Waals surface area contributed by atoms with Gasteiger partial charge in [-0.15, -0.1) is 11.3 Å². The summed E-state index contributed by atoms with van der Waals surface area (Å²) in [6.07, 6.45) is 3.30. The maximum Gasteiger partial charge on any atom is 0.246 e. The lowest BCUT2D eigenvalue weighted by atomic mass is 10.2. The first-order valence-corrected chi connectivity index (χ1v) is 9.78. The van der Waals surface area contributed by atoms with E-state index in [0.29, 0.717) is 13.1 Å². The first-order chi connectivity index (χ1) is 13.2. The fourth-order valence-electron chi connectivity index (χ4n) is 3.15. The van der Waals surface area contributed by atoms with Crippen molar-refractivity contribution in [3.05, 3.63) is 71.0 Å². The van der Waals surface area contributed by atoms with E-state index in [0.717, 1.165) is 35.7 Å². The van der Waals surface area contributed by atoms with Gasteiger partial charge in [-0.2, -0.15) is 0 Å². The Hall–Kier alpha value is -2.57. The van der Waals surface area contributed by atoms with Gasteiger partial charge in [0.15, 0.2) is 0 Å². The monoisotopic (exact) mass is 381 g/mol. The van der Waals surface area contributed by atoms with E-state index in [1.165, 1.54) is 16.8 Å². The van der Waals surface area contributed by atoms with Gasteiger partial charge in [0.1, 0.15) is 10.8 Å². The summed E-state index contributed by atoms with van der Waals surface area (Å²) >= 11 is 1.73. The molecular formula is C21H20FN3OS. The van der Waals surface area contributed by atoms with Crippen LogP contribution in [0, 0.1) is 5.82 Å². The van der Waals surface area contributed by atoms with Crippen molar-refractivity contribution < 1.29 is 9.18 Å². The highest BCUT2D eigenvalue weighted by Gasteiger charge is 2.20. The number of aromatic nitrogens is 1. The Morgan fingerprint density at radius 3 is 2.56 bits per heavy atom. The van der Waals surface area contributed by atoms with E-state index in [9.17, 15) is 9.18 Å². The molecule has 1 aliphatic rings. The smallest absolute Gasteiger partial charge is 0.246 e. The number of benzene rings is 2. The molecule has 27 heavy (non-hydrogen) atoms. The van der Waals surface area contributed by atoms with Crippen LogP contribution in [0.3, 0.4) is 0 Å². The van der Waals surface area contributed by atoms with Crippen LogP contribution in [0.5, 0.6) is 0 Å². The molecule has 1 amide bonds. The number of piperazine rings is 1. The second-order valence-electron chi connectivity index (χ2n) is 6.56. The van der Waals surface area contributed by atoms with E-state index in [1.807, 2.05) is 23.1 Å². The molecule has 0 spiro atoms. The van der Waals surface area contributed by atoms with E-state index in [-0.39, 0.29) is 11.7 Å². The number of halogens is 1. The van der Waals surface area contributed by atoms with Crippen molar-refractivity contribution >= 4 is 33.5 Å². The molecule has 0 unspecified atom stereocenters. The zero-order valence-electron chi connectivity index (χ0n) is 14.8. The average molecular weight is 381 g/mol. The third kappa shape index (κ3) is 4.40. The van der Waals surface area contributed by atoms with Gasteiger partial charge in [0.05, 0.1) is 16.8 Å². The van der Waals surface area contributed by atoms with Gasteiger partial charge in [-0.25, -0.2) is 9.37 Å². The van der Waals surface area contributed by atoms with Crippen molar-refractivity contribution in [3.63, 3.8) is 0 Å². The quantitative estimate of drug-likeness (QED) is 0.645. The van der Waals surface area contributed by atoms with Gasteiger partial charge < -0.3 is 4.90 Å². The van der Waals surface area contributed by atoms with Crippen LogP contribution in [0.2, 0.25) is 0 Å². The Bertz CT molecular complexity index is 926. The molecule has 0 atom stereocenters. The fourth-order valence-corrected chi connectivity index (χ4v) is 4.16. The minimum Gasteiger partial charge on any atom is -0.337 e. The maximum atomic E-state index is 12.9. The Morgan fingerprint density at radius 1 is 1.07 bits per heavy atom. The molecule has 2 aromatic carbocycles. The molecule has 0 bridgehead atoms. The van der Waals surface area contributed by atoms with Crippen molar-refractivity contribution in [1.29, 1.82) is 0 Å². The third-order valence-corrected chi connectivity index (χ3v) is 5.69. The number of fused-ring (bicyclic) bond motifs is 1. The molecule has 3 aromatic rings. The molecule has 138 valence electrons. The topological polar surface area (TPSA) is 36.4 Å². The first-order valence-electron chi connectivity index (χ1n) is 8.97. The van der Waals surface area contributed by atoms with E-state index in [1.54, 1.807) is 35.6 Å². The highest BCUT2D eigenvalue weighted by Crippen LogP contribution is 2.23. The van der Waals surface area contributed by atoms with Crippen LogP contribution in [-0.4, -0.2) is 46.9 Å². The molecule has 1 aliphatic heterocycles. The number of carbonyl (C=O) groups is 1. The Kier molecular flexibility index (Phi) is 5.27. The second-order valence-corrected chi connectivity index (χ2v) is 7.68. The van der Waals surface area contributed by atoms with Crippen molar-refractivity contribution in [2.75, 3.05) is 26.2 Å². The number of rotatable bonds is 4. The predicted octanol–water partition coefficient (Wildman–Crippen LogP) is 3.79. The van der Waals surface area contributed by atoms with Crippen LogP contribution < -0.4 is 0 Å². The lowest BCUT2D eigenvalue weighted by Gasteiger charge is -2.33. The van der Waals surface area contributed by atoms with Crippen LogP contribution in [0.1, 0.15) is 10.6 Å². The number of nitrogens with zero attached hydrogens (tertiary/aromatic N) is 3. The number of hydrogen-bond acceptors (Lipinski definition) is 4. The molecule has 1 saturated heterocycles. The van der Waals surface area contributed by atoms with E-state index in [2.05, 4.69) is 16.0 Å². The van der Waals surface area contributed by atoms with Crippen LogP contribution >= 0.6 is 11.3 Å². The van der Waals surface area contributed by atoms with Gasteiger partial charge in [-0.05, 0) is 35.9 Å². The van der Waals surface area contributed by atoms with E-state index >= 15 is 0 Å². The van der Waals surface area contributed by atoms with Gasteiger partial charge in [-0.3, -0.25) is 9.69 Å². The summed E-state index contributed by atoms with van der Waals surface area (Å²) in [5.41, 5.74) is 1.87. The van der Waals surface area contributed by atoms with Gasteiger partial charge in [0.2, 0.25) is 5.91 Å². The molecule has 1 fully saturated rings. The number of carbonyl (C=O) groups excluding carboxylic acids is 1. The molecule has 2 heterocycles. The Balaban J connectivity index is 1.30. The highest BCUT2D eigenvalue weighted by molar-refractivity contribution is 7.18. The first kappa shape index (κ1) is 17.8. The molecule has 6 heteroatoms. The molecule has 0 radical (unpaired) electrons. The molecule has 0 N–H and O–H groups in total. The van der Waals surface area contributed by atoms with Crippen LogP contribution in [0.25, 0.3) is 16.3 Å². The van der Waals surface area contributed by atoms with Crippen molar-refractivity contribution in [1.82, 2.24) is 14.8 Å². The molecule has 1 aromatic heterocycles. The summed E-state index contributed by atoms with van der Waals surface area (Å²) in [5.74, 6) is -0.276. The van der Waals surface area contributed by atoms with Crippen LogP contribution in [0.15, 0.2) is 54.6 Å². The fraction of sp³-hybridized carbons (Fsp3) is 0.238. The van der Waals surface area contributed by atoms with Gasteiger partial charge in [0.25, 0.3) is 0 Å². The largest absolute Gasteiger partial charge is 0.337 e. The zero-order valence-corrected chi connectivity index (χ0v) is 15.7. The zero-order chi connectivity index (χ0) is 18.6. The number of amides is 1. The summed E-state index contributed by atoms with van der Waals surface area (Å²) in [5, 5.41) is 1.12. The molecule has 0 saturated carbocycles. The van der Waals surface area contributed by atoms with Gasteiger partial charge >= 0.3 is 0 Å². The molecule has 0 aliphatic carbocycles. The Morgan fingerprint density at radius 2 is 1.81 bits per heavy atom. The summed E-state index contributed by atoms with van der Waals surface area (Å²) < 4.78 is 14.1. The summed E-state index contributed by atoms with van der Waals surface area (Å²) in [6, 6.07) is 14.3. The van der Waals surface area contributed by atoms with E-state index < -0.39 is 0 Å². The van der Waals surface area contributed by atoms with Gasteiger partial charge in [-0.1, -0.05) is 24.3 Å². The predicted molar refractivity (Wildman–Crippen MR) is 107 cm³/mol. The maximum absolute atomic E-state index is 12.9. The lowest BCUT2D eigenvalue weighted by molar-refractivity contribution is -0.127. The minimum absolute atomic E-state index is 0.000961. The normalized spacial score (nSPS) is 15.7. The Labute approximate surface area is 161 Å². The van der Waals surface area contributed by atoms with E-state index in [4.69, 9.17) is 0 Å². The number of thiazole rings is 1. The SMILES string of the molecule is O=C(/C=C/c1ccc(F)cc1)N1CCN(Cc2nc3ccccc3s2)CC1. The second kappa shape index (κ2) is 7.98. The lowest BCUT2D eigenvalue weighted by Crippen LogP contribution is -2.47. The van der Waals surface area contributed by atoms with Crippen molar-refractivity contribution in [2.24, 2.45) is 0 Å². The highest BCUT2D eigenvalue weighted by atomic mass is 32.1. The summed E-state index contributed by atoms with van der Waals surface area (Å²) in [6.45, 7) is 3.92. The minimum atomic E-state index is -0.275. The summed E-state index contributed by atoms with van der Waals surface area (Å²) in [7, 11) is 0. The standard InChI is InChI=1S/C21H20FN3OS/c22-17-8-5-16(6-9-17)7-10-21(26)25-13-11-24(12-14-25)15-20-23-18-3-1-2-4-19(18)27-20/h1-10H,11-15H2/b10-7+. The van der Waals surface area contributed by atoms with Crippen LogP contribution in [0.4, 0.5) is 4.39 Å². The summed E-state index contributed by atoms with van der Waals surface area (Å²) in [4.78, 5) is 21.2. The third-order valence-electron chi connectivity index (χ3n) is 4.67. The molecule has 4 nitrogen and oxygen atoms in total. The number of hydrogen-bond donors (Lipinski definition) is 0. The van der Waals surface area contributed by atoms with Gasteiger partial charge in [0, 0.05) is 32.3 Å². The van der Waals surface area contributed by atoms with Crippen molar-refractivity contribution in [3.8, 4) is 0 Å². The van der Waals surface area contributed by atoms with Crippen molar-refractivity contribution in [2.45, 2.75) is 6.54 Å². The molecular weight excluding hydrogens is 361 g/mol. The average Bonchev–Trinajstić information content (AvgIpc) is 3.10. The molecule has 4 rings (SSSR count). The van der Waals surface area contributed by atoms with Crippen LogP contribution in [-0.2, 0) is 11.3 Å².